The van der Waals surface area contributed by atoms with Crippen LogP contribution in [0.5, 0.6) is 11.5 Å². The lowest BCUT2D eigenvalue weighted by Crippen LogP contribution is -2.47. The molecule has 0 radical (unpaired) electrons. The van der Waals surface area contributed by atoms with Crippen LogP contribution in [0, 0.1) is 0 Å². The highest BCUT2D eigenvalue weighted by molar-refractivity contribution is 6.04. The number of fused-ring (bicyclic) bond motifs is 1. The van der Waals surface area contributed by atoms with Gasteiger partial charge in [-0.05, 0) is 18.2 Å². The van der Waals surface area contributed by atoms with E-state index < -0.39 is 35.2 Å². The molecule has 2 aromatic heterocycles. The van der Waals surface area contributed by atoms with Gasteiger partial charge in [-0.2, -0.15) is 0 Å². The van der Waals surface area contributed by atoms with Crippen molar-refractivity contribution in [3.05, 3.63) is 57.5 Å². The molecule has 11 nitrogen and oxygen atoms in total. The van der Waals surface area contributed by atoms with E-state index in [1.165, 1.54) is 25.2 Å². The number of nitrogens with zero attached hydrogens (tertiary/aromatic N) is 4. The molecule has 0 spiro atoms. The molecule has 3 heterocycles. The van der Waals surface area contributed by atoms with Crippen LogP contribution in [-0.4, -0.2) is 74.3 Å². The summed E-state index contributed by atoms with van der Waals surface area (Å²) in [4.78, 5) is 44.0. The van der Waals surface area contributed by atoms with Gasteiger partial charge >= 0.3 is 18.3 Å². The number of phenolic OH excluding ortho intramolecular Hbond substituents is 1. The van der Waals surface area contributed by atoms with Gasteiger partial charge in [0.15, 0.2) is 5.56 Å². The Morgan fingerprint density at radius 2 is 1.73 bits per heavy atom. The summed E-state index contributed by atoms with van der Waals surface area (Å²) < 4.78 is 42.1. The molecule has 0 amide bonds. The number of aromatic nitrogens is 2. The maximum Gasteiger partial charge on any atom is 0.573 e. The van der Waals surface area contributed by atoms with Gasteiger partial charge in [-0.3, -0.25) is 9.69 Å². The van der Waals surface area contributed by atoms with E-state index in [1.807, 2.05) is 4.90 Å². The second-order valence-corrected chi connectivity index (χ2v) is 8.36. The minimum Gasteiger partial charge on any atom is -0.507 e. The standard InChI is InChI=1S/C23H21F3N4O7/c1-28-15-5-4-14(21(33)34)27-18(15)19(17(20(28)32)22(35)36)30-8-6-29(7-9-30)11-12-2-3-13(10-16(12)31)37-23(24,25)26/h2-5,10,31H,6-9,11H2,1H3,(H,33,34)(H,35,36). The third-order valence-electron chi connectivity index (χ3n) is 6.02. The summed E-state index contributed by atoms with van der Waals surface area (Å²) in [6.07, 6.45) is -4.89. The van der Waals surface area contributed by atoms with Crippen molar-refractivity contribution in [3.8, 4) is 11.5 Å². The van der Waals surface area contributed by atoms with Crippen molar-refractivity contribution >= 4 is 28.7 Å². The first kappa shape index (κ1) is 25.8. The lowest BCUT2D eigenvalue weighted by atomic mass is 10.1. The van der Waals surface area contributed by atoms with Gasteiger partial charge in [0.25, 0.3) is 5.56 Å². The number of halogens is 3. The normalized spacial score (nSPS) is 14.6. The zero-order valence-corrected chi connectivity index (χ0v) is 19.3. The van der Waals surface area contributed by atoms with Crippen molar-refractivity contribution in [3.63, 3.8) is 0 Å². The maximum atomic E-state index is 12.9. The molecule has 0 saturated carbocycles. The maximum absolute atomic E-state index is 12.9. The third-order valence-corrected chi connectivity index (χ3v) is 6.02. The van der Waals surface area contributed by atoms with Crippen LogP contribution >= 0.6 is 0 Å². The average molecular weight is 522 g/mol. The number of benzene rings is 1. The summed E-state index contributed by atoms with van der Waals surface area (Å²) >= 11 is 0. The molecule has 3 N–H and O–H groups in total. The number of carboxylic acid groups (broad SMARTS) is 2. The minimum absolute atomic E-state index is 0.0184. The molecule has 196 valence electrons. The number of pyridine rings is 2. The Morgan fingerprint density at radius 3 is 2.30 bits per heavy atom. The molecule has 1 saturated heterocycles. The molecule has 3 aromatic rings. The van der Waals surface area contributed by atoms with Crippen molar-refractivity contribution in [1.29, 1.82) is 0 Å². The van der Waals surface area contributed by atoms with Crippen LogP contribution in [-0.2, 0) is 13.6 Å². The number of piperazine rings is 1. The number of ether oxygens (including phenoxy) is 1. The molecule has 1 aliphatic rings. The number of hydrogen-bond acceptors (Lipinski definition) is 8. The van der Waals surface area contributed by atoms with E-state index >= 15 is 0 Å². The van der Waals surface area contributed by atoms with Crippen LogP contribution in [0.15, 0.2) is 35.1 Å². The first-order valence-electron chi connectivity index (χ1n) is 10.9. The van der Waals surface area contributed by atoms with Crippen LogP contribution in [0.25, 0.3) is 11.0 Å². The van der Waals surface area contributed by atoms with Gasteiger partial charge in [-0.1, -0.05) is 6.07 Å². The van der Waals surface area contributed by atoms with Crippen LogP contribution in [0.4, 0.5) is 18.9 Å². The Labute approximate surface area is 206 Å². The number of phenols is 1. The summed E-state index contributed by atoms with van der Waals surface area (Å²) in [7, 11) is 1.37. The molecule has 1 fully saturated rings. The monoisotopic (exact) mass is 522 g/mol. The highest BCUT2D eigenvalue weighted by Crippen LogP contribution is 2.31. The third kappa shape index (κ3) is 5.28. The fourth-order valence-corrected chi connectivity index (χ4v) is 4.26. The van der Waals surface area contributed by atoms with Crippen LogP contribution in [0.1, 0.15) is 26.4 Å². The van der Waals surface area contributed by atoms with Gasteiger partial charge in [0, 0.05) is 51.4 Å². The summed E-state index contributed by atoms with van der Waals surface area (Å²) in [6.45, 7) is 1.34. The lowest BCUT2D eigenvalue weighted by molar-refractivity contribution is -0.274. The Bertz CT molecular complexity index is 1450. The molecule has 0 atom stereocenters. The van der Waals surface area contributed by atoms with Crippen LogP contribution in [0.2, 0.25) is 0 Å². The number of hydrogen-bond donors (Lipinski definition) is 3. The number of alkyl halides is 3. The minimum atomic E-state index is -4.89. The smallest absolute Gasteiger partial charge is 0.507 e. The second-order valence-electron chi connectivity index (χ2n) is 8.36. The molecular weight excluding hydrogens is 501 g/mol. The number of aromatic hydroxyl groups is 1. The summed E-state index contributed by atoms with van der Waals surface area (Å²) in [6, 6.07) is 5.90. The SMILES string of the molecule is Cn1c(=O)c(C(=O)O)c(N2CCN(Cc3ccc(OC(F)(F)F)cc3O)CC2)c2nc(C(=O)O)ccc21. The van der Waals surface area contributed by atoms with Crippen molar-refractivity contribution in [2.75, 3.05) is 31.1 Å². The number of carbonyl (C=O) groups is 2. The van der Waals surface area contributed by atoms with E-state index in [0.29, 0.717) is 18.7 Å². The molecule has 37 heavy (non-hydrogen) atoms. The first-order chi connectivity index (χ1) is 17.4. The zero-order chi connectivity index (χ0) is 27.1. The van der Waals surface area contributed by atoms with E-state index in [-0.39, 0.29) is 47.8 Å². The summed E-state index contributed by atoms with van der Waals surface area (Å²) in [5.74, 6) is -3.71. The fraction of sp³-hybridized carbons (Fsp3) is 0.304. The number of carboxylic acids is 2. The molecule has 0 aliphatic carbocycles. The van der Waals surface area contributed by atoms with E-state index in [9.17, 15) is 42.9 Å². The quantitative estimate of drug-likeness (QED) is 0.441. The fourth-order valence-electron chi connectivity index (χ4n) is 4.26. The topological polar surface area (TPSA) is 145 Å². The average Bonchev–Trinajstić information content (AvgIpc) is 2.82. The highest BCUT2D eigenvalue weighted by Gasteiger charge is 2.32. The van der Waals surface area contributed by atoms with E-state index in [2.05, 4.69) is 9.72 Å². The lowest BCUT2D eigenvalue weighted by Gasteiger charge is -2.37. The molecule has 1 aliphatic heterocycles. The van der Waals surface area contributed by atoms with E-state index in [0.717, 1.165) is 16.7 Å². The van der Waals surface area contributed by atoms with Crippen molar-refractivity contribution in [2.45, 2.75) is 12.9 Å². The van der Waals surface area contributed by atoms with Crippen molar-refractivity contribution in [2.24, 2.45) is 7.05 Å². The highest BCUT2D eigenvalue weighted by atomic mass is 19.4. The number of aromatic carboxylic acids is 2. The van der Waals surface area contributed by atoms with Crippen molar-refractivity contribution in [1.82, 2.24) is 14.5 Å². The Balaban J connectivity index is 1.61. The van der Waals surface area contributed by atoms with Crippen LogP contribution < -0.4 is 15.2 Å². The molecule has 0 unspecified atom stereocenters. The van der Waals surface area contributed by atoms with Gasteiger partial charge in [0.1, 0.15) is 22.7 Å². The molecular formula is C23H21F3N4O7. The first-order valence-corrected chi connectivity index (χ1v) is 10.9. The molecule has 0 bridgehead atoms. The Kier molecular flexibility index (Phi) is 6.69. The van der Waals surface area contributed by atoms with E-state index in [4.69, 9.17) is 0 Å². The summed E-state index contributed by atoms with van der Waals surface area (Å²) in [5, 5.41) is 29.3. The van der Waals surface area contributed by atoms with Gasteiger partial charge in [-0.15, -0.1) is 13.2 Å². The number of anilines is 1. The van der Waals surface area contributed by atoms with Gasteiger partial charge in [0.05, 0.1) is 11.2 Å². The Morgan fingerprint density at radius 1 is 1.05 bits per heavy atom. The van der Waals surface area contributed by atoms with Gasteiger partial charge in [-0.25, -0.2) is 14.6 Å². The molecule has 4 rings (SSSR count). The van der Waals surface area contributed by atoms with Crippen LogP contribution in [0.3, 0.4) is 0 Å². The predicted octanol–water partition coefficient (Wildman–Crippen LogP) is 2.26. The zero-order valence-electron chi connectivity index (χ0n) is 19.3. The van der Waals surface area contributed by atoms with Crippen molar-refractivity contribution < 1.29 is 42.8 Å². The summed E-state index contributed by atoms with van der Waals surface area (Å²) in [5.41, 5.74) is -0.902. The Hall–Kier alpha value is -4.33. The van der Waals surface area contributed by atoms with Gasteiger partial charge < -0.3 is 29.5 Å². The number of rotatable bonds is 6. The number of aryl methyl sites for hydroxylation is 1. The molecule has 1 aromatic carbocycles. The van der Waals surface area contributed by atoms with Gasteiger partial charge in [0.2, 0.25) is 0 Å². The van der Waals surface area contributed by atoms with E-state index in [1.54, 1.807) is 4.90 Å². The second kappa shape index (κ2) is 9.61. The molecule has 14 heteroatoms. The largest absolute Gasteiger partial charge is 0.573 e. The predicted molar refractivity (Wildman–Crippen MR) is 123 cm³/mol.